The molecular formula is C9H17Cl2N3O. The van der Waals surface area contributed by atoms with E-state index in [-0.39, 0.29) is 37.0 Å². The van der Waals surface area contributed by atoms with Crippen molar-refractivity contribution in [1.82, 2.24) is 9.78 Å². The van der Waals surface area contributed by atoms with Gasteiger partial charge in [-0.15, -0.1) is 24.8 Å². The van der Waals surface area contributed by atoms with Crippen LogP contribution in [0.15, 0.2) is 12.3 Å². The Labute approximate surface area is 102 Å². The Morgan fingerprint density at radius 2 is 2.33 bits per heavy atom. The first kappa shape index (κ1) is 14.7. The summed E-state index contributed by atoms with van der Waals surface area (Å²) in [7, 11) is 0. The zero-order valence-corrected chi connectivity index (χ0v) is 10.3. The van der Waals surface area contributed by atoms with Crippen molar-refractivity contribution in [2.24, 2.45) is 5.73 Å². The normalized spacial score (nSPS) is 24.4. The van der Waals surface area contributed by atoms with Crippen LogP contribution < -0.4 is 5.73 Å². The summed E-state index contributed by atoms with van der Waals surface area (Å²) in [6, 6.07) is 2.11. The first-order chi connectivity index (χ1) is 6.33. The molecule has 2 unspecified atom stereocenters. The Morgan fingerprint density at radius 3 is 2.87 bits per heavy atom. The van der Waals surface area contributed by atoms with Gasteiger partial charge in [-0.2, -0.15) is 5.10 Å². The second-order valence-electron chi connectivity index (χ2n) is 3.32. The van der Waals surface area contributed by atoms with E-state index in [1.165, 1.54) is 0 Å². The molecule has 0 aromatic carbocycles. The fourth-order valence-electron chi connectivity index (χ4n) is 1.76. The fourth-order valence-corrected chi connectivity index (χ4v) is 1.76. The molecule has 0 spiro atoms. The molecule has 2 atom stereocenters. The van der Waals surface area contributed by atoms with Crippen molar-refractivity contribution >= 4 is 24.8 Å². The van der Waals surface area contributed by atoms with Gasteiger partial charge in [-0.3, -0.25) is 4.68 Å². The van der Waals surface area contributed by atoms with E-state index < -0.39 is 0 Å². The van der Waals surface area contributed by atoms with Crippen LogP contribution in [0.25, 0.3) is 0 Å². The van der Waals surface area contributed by atoms with Gasteiger partial charge in [0.1, 0.15) is 6.10 Å². The van der Waals surface area contributed by atoms with Gasteiger partial charge >= 0.3 is 0 Å². The maximum atomic E-state index is 5.93. The third-order valence-corrected chi connectivity index (χ3v) is 2.48. The van der Waals surface area contributed by atoms with Crippen molar-refractivity contribution in [3.8, 4) is 0 Å². The summed E-state index contributed by atoms with van der Waals surface area (Å²) in [5.74, 6) is 0. The highest BCUT2D eigenvalue weighted by Crippen LogP contribution is 2.27. The van der Waals surface area contributed by atoms with Gasteiger partial charge in [0, 0.05) is 25.4 Å². The summed E-state index contributed by atoms with van der Waals surface area (Å²) in [5.41, 5.74) is 7.03. The predicted molar refractivity (Wildman–Crippen MR) is 63.7 cm³/mol. The minimum atomic E-state index is 0. The lowest BCUT2D eigenvalue weighted by Gasteiger charge is -2.15. The number of nitrogens with zero attached hydrogens (tertiary/aromatic N) is 2. The highest BCUT2D eigenvalue weighted by molar-refractivity contribution is 5.85. The minimum absolute atomic E-state index is 0. The number of halogens is 2. The van der Waals surface area contributed by atoms with Gasteiger partial charge in [-0.05, 0) is 19.4 Å². The topological polar surface area (TPSA) is 53.1 Å². The highest BCUT2D eigenvalue weighted by atomic mass is 35.5. The van der Waals surface area contributed by atoms with Gasteiger partial charge < -0.3 is 10.5 Å². The molecule has 6 heteroatoms. The molecule has 0 bridgehead atoms. The molecule has 88 valence electrons. The highest BCUT2D eigenvalue weighted by Gasteiger charge is 2.28. The van der Waals surface area contributed by atoms with Crippen molar-refractivity contribution in [1.29, 1.82) is 0 Å². The fraction of sp³-hybridized carbons (Fsp3) is 0.667. The van der Waals surface area contributed by atoms with Crippen LogP contribution in [0.2, 0.25) is 0 Å². The second kappa shape index (κ2) is 6.33. The van der Waals surface area contributed by atoms with Crippen LogP contribution in [-0.4, -0.2) is 22.4 Å². The first-order valence-corrected chi connectivity index (χ1v) is 4.72. The minimum Gasteiger partial charge on any atom is -0.370 e. The lowest BCUT2D eigenvalue weighted by Crippen LogP contribution is -2.25. The molecule has 2 rings (SSSR count). The maximum Gasteiger partial charge on any atom is 0.114 e. The van der Waals surface area contributed by atoms with Crippen LogP contribution in [0.1, 0.15) is 25.1 Å². The van der Waals surface area contributed by atoms with E-state index in [9.17, 15) is 0 Å². The molecule has 0 saturated carbocycles. The first-order valence-electron chi connectivity index (χ1n) is 4.72. The van der Waals surface area contributed by atoms with Crippen LogP contribution in [0.4, 0.5) is 0 Å². The Balaban J connectivity index is 0.000000980. The predicted octanol–water partition coefficient (Wildman–Crippen LogP) is 1.54. The molecule has 0 amide bonds. The van der Waals surface area contributed by atoms with Crippen molar-refractivity contribution in [2.75, 3.05) is 6.61 Å². The smallest absolute Gasteiger partial charge is 0.114 e. The number of hydrogen-bond donors (Lipinski definition) is 1. The molecule has 15 heavy (non-hydrogen) atoms. The average Bonchev–Trinajstić information content (AvgIpc) is 2.71. The average molecular weight is 254 g/mol. The molecule has 1 fully saturated rings. The van der Waals surface area contributed by atoms with E-state index in [2.05, 4.69) is 12.0 Å². The van der Waals surface area contributed by atoms with E-state index in [0.29, 0.717) is 0 Å². The van der Waals surface area contributed by atoms with Crippen LogP contribution in [0, 0.1) is 0 Å². The maximum absolute atomic E-state index is 5.93. The number of aromatic nitrogens is 2. The second-order valence-corrected chi connectivity index (χ2v) is 3.32. The molecular weight excluding hydrogens is 237 g/mol. The third kappa shape index (κ3) is 2.84. The number of nitrogens with two attached hydrogens (primary N) is 1. The van der Waals surface area contributed by atoms with Crippen molar-refractivity contribution in [2.45, 2.75) is 32.0 Å². The zero-order valence-electron chi connectivity index (χ0n) is 8.63. The molecule has 1 saturated heterocycles. The monoisotopic (exact) mass is 253 g/mol. The molecule has 1 aromatic rings. The van der Waals surface area contributed by atoms with Gasteiger partial charge in [0.15, 0.2) is 0 Å². The molecule has 1 aromatic heterocycles. The number of aryl methyl sites for hydroxylation is 1. The summed E-state index contributed by atoms with van der Waals surface area (Å²) in [5, 5.41) is 4.19. The van der Waals surface area contributed by atoms with Crippen molar-refractivity contribution in [3.63, 3.8) is 0 Å². The number of ether oxygens (including phenoxy) is 1. The summed E-state index contributed by atoms with van der Waals surface area (Å²) >= 11 is 0. The van der Waals surface area contributed by atoms with Crippen molar-refractivity contribution < 1.29 is 4.74 Å². The lowest BCUT2D eigenvalue weighted by molar-refractivity contribution is 0.0975. The Hall–Kier alpha value is -0.290. The Bertz CT molecular complexity index is 293. The lowest BCUT2D eigenvalue weighted by atomic mass is 10.1. The van der Waals surface area contributed by atoms with Gasteiger partial charge in [-0.25, -0.2) is 0 Å². The third-order valence-electron chi connectivity index (χ3n) is 2.48. The number of rotatable bonds is 2. The van der Waals surface area contributed by atoms with E-state index in [1.807, 2.05) is 10.7 Å². The number of hydrogen-bond acceptors (Lipinski definition) is 3. The summed E-state index contributed by atoms with van der Waals surface area (Å²) < 4.78 is 7.51. The summed E-state index contributed by atoms with van der Waals surface area (Å²) in [4.78, 5) is 0. The van der Waals surface area contributed by atoms with Gasteiger partial charge in [0.2, 0.25) is 0 Å². The summed E-state index contributed by atoms with van der Waals surface area (Å²) in [6.07, 6.45) is 2.79. The zero-order chi connectivity index (χ0) is 9.26. The molecule has 4 nitrogen and oxygen atoms in total. The van der Waals surface area contributed by atoms with E-state index in [0.717, 1.165) is 25.3 Å². The Morgan fingerprint density at radius 1 is 1.60 bits per heavy atom. The van der Waals surface area contributed by atoms with Crippen molar-refractivity contribution in [3.05, 3.63) is 18.0 Å². The van der Waals surface area contributed by atoms with E-state index in [4.69, 9.17) is 10.5 Å². The largest absolute Gasteiger partial charge is 0.370 e. The molecule has 0 radical (unpaired) electrons. The van der Waals surface area contributed by atoms with E-state index >= 15 is 0 Å². The molecule has 1 aliphatic heterocycles. The van der Waals surface area contributed by atoms with Crippen LogP contribution in [0.3, 0.4) is 0 Å². The molecule has 1 aliphatic rings. The van der Waals surface area contributed by atoms with E-state index in [1.54, 1.807) is 6.20 Å². The molecule has 0 aliphatic carbocycles. The van der Waals surface area contributed by atoms with Crippen LogP contribution in [-0.2, 0) is 11.3 Å². The SMILES string of the molecule is CCn1nccc1C1OCCC1N.Cl.Cl. The summed E-state index contributed by atoms with van der Waals surface area (Å²) in [6.45, 7) is 3.70. The quantitative estimate of drug-likeness (QED) is 0.870. The van der Waals surface area contributed by atoms with Gasteiger partial charge in [0.25, 0.3) is 0 Å². The van der Waals surface area contributed by atoms with Crippen LogP contribution in [0.5, 0.6) is 0 Å². The van der Waals surface area contributed by atoms with Gasteiger partial charge in [-0.1, -0.05) is 0 Å². The molecule has 2 heterocycles. The molecule has 2 N–H and O–H groups in total. The standard InChI is InChI=1S/C9H15N3O.2ClH/c1-2-12-8(3-5-11-12)9-7(10)4-6-13-9;;/h3,5,7,9H,2,4,6,10H2,1H3;2*1H. The van der Waals surface area contributed by atoms with Crippen LogP contribution >= 0.6 is 24.8 Å². The van der Waals surface area contributed by atoms with Gasteiger partial charge in [0.05, 0.1) is 5.69 Å². The Kier molecular flexibility index (Phi) is 6.20.